The molecular weight excluding hydrogens is 683 g/mol. The molecule has 0 radical (unpaired) electrons. The molecule has 5 rings (SSSR count). The average Bonchev–Trinajstić information content (AvgIpc) is 3.08. The van der Waals surface area contributed by atoms with Crippen LogP contribution in [0.15, 0.2) is 123 Å². The van der Waals surface area contributed by atoms with E-state index in [4.69, 9.17) is 0 Å². The number of carbonyl (C=O) groups excluding carboxylic acids is 5. The fraction of sp³-hybridized carbons (Fsp3) is 0. The van der Waals surface area contributed by atoms with Gasteiger partial charge in [-0.2, -0.15) is 0 Å². The number of carbonyl (C=O) groups is 5. The first-order valence-electron chi connectivity index (χ1n) is 12.1. The van der Waals surface area contributed by atoms with Crippen LogP contribution in [0.5, 0.6) is 0 Å². The maximum atomic E-state index is 10.0. The molecule has 0 spiro atoms. The first-order chi connectivity index (χ1) is 21.5. The van der Waals surface area contributed by atoms with E-state index < -0.39 is 29.8 Å². The maximum absolute atomic E-state index is 10.0. The summed E-state index contributed by atoms with van der Waals surface area (Å²) in [5.41, 5.74) is 0.544. The molecule has 0 atom stereocenters. The van der Waals surface area contributed by atoms with Gasteiger partial charge in [-0.15, -0.1) is 0 Å². The molecule has 0 saturated carbocycles. The van der Waals surface area contributed by atoms with Crippen molar-refractivity contribution in [2.24, 2.45) is 0 Å². The summed E-state index contributed by atoms with van der Waals surface area (Å²) in [6, 6.07) is 14.9. The smallest absolute Gasteiger partial charge is 0.545 e. The summed E-state index contributed by atoms with van der Waals surface area (Å²) in [7, 11) is 0. The van der Waals surface area contributed by atoms with Gasteiger partial charge in [0, 0.05) is 89.8 Å². The van der Waals surface area contributed by atoms with Crippen LogP contribution in [-0.2, 0) is 22.4 Å². The van der Waals surface area contributed by atoms with E-state index in [0.29, 0.717) is 0 Å². The number of pyridine rings is 5. The number of rotatable bonds is 5. The van der Waals surface area contributed by atoms with Gasteiger partial charge in [0.15, 0.2) is 0 Å². The minimum Gasteiger partial charge on any atom is -0.545 e. The van der Waals surface area contributed by atoms with E-state index in [9.17, 15) is 49.5 Å². The van der Waals surface area contributed by atoms with Crippen LogP contribution in [0, 0.1) is 0 Å². The van der Waals surface area contributed by atoms with E-state index in [1.807, 2.05) is 0 Å². The largest absolute Gasteiger partial charge is 5.00 e. The SMILES string of the molecule is O=C([O-])c1cccnc1.O=C([O-])c1cccnc1.O=C([O-])c1cccnc1.O=C([O-])c1cccnc1.O=C([O-])c1cccnc1.[Nb+5]. The molecule has 0 fully saturated rings. The van der Waals surface area contributed by atoms with Crippen molar-refractivity contribution >= 4 is 29.8 Å². The van der Waals surface area contributed by atoms with Gasteiger partial charge in [0.05, 0.1) is 29.8 Å². The van der Waals surface area contributed by atoms with Crippen molar-refractivity contribution in [3.63, 3.8) is 0 Å². The molecule has 0 aromatic carbocycles. The van der Waals surface area contributed by atoms with Crippen LogP contribution in [0.4, 0.5) is 0 Å². The Morgan fingerprint density at radius 1 is 0.348 bits per heavy atom. The molecule has 0 aliphatic carbocycles. The first kappa shape index (κ1) is 39.8. The molecule has 46 heavy (non-hydrogen) atoms. The van der Waals surface area contributed by atoms with E-state index in [1.54, 1.807) is 30.3 Å². The van der Waals surface area contributed by atoms with E-state index in [-0.39, 0.29) is 50.2 Å². The minimum absolute atomic E-state index is 0. The molecule has 5 heterocycles. The quantitative estimate of drug-likeness (QED) is 0.168. The third-order valence-electron chi connectivity index (χ3n) is 4.49. The average molecular weight is 703 g/mol. The van der Waals surface area contributed by atoms with Gasteiger partial charge in [0.2, 0.25) is 0 Å². The Morgan fingerprint density at radius 3 is 0.565 bits per heavy atom. The number of carboxylic acid groups (broad SMARTS) is 5. The standard InChI is InChI=1S/5C6H5NO2.Nb/c5*8-6(9)5-2-1-3-7-4-5;/h5*1-4H,(H,8,9);/q;;;;;+5/p-5. The summed E-state index contributed by atoms with van der Waals surface area (Å²) in [6.07, 6.45) is 13.8. The Labute approximate surface area is 276 Å². The molecule has 16 heteroatoms. The maximum Gasteiger partial charge on any atom is 5.00 e. The molecule has 230 valence electrons. The summed E-state index contributed by atoms with van der Waals surface area (Å²) >= 11 is 0. The van der Waals surface area contributed by atoms with Gasteiger partial charge in [-0.05, 0) is 30.3 Å². The van der Waals surface area contributed by atoms with Crippen LogP contribution in [0.1, 0.15) is 51.8 Å². The van der Waals surface area contributed by atoms with E-state index in [0.717, 1.165) is 0 Å². The van der Waals surface area contributed by atoms with Gasteiger partial charge in [0.1, 0.15) is 0 Å². The van der Waals surface area contributed by atoms with Crippen molar-refractivity contribution in [3.05, 3.63) is 150 Å². The van der Waals surface area contributed by atoms with E-state index in [1.165, 1.54) is 92.3 Å². The molecule has 5 aromatic heterocycles. The number of hydrogen-bond acceptors (Lipinski definition) is 15. The molecule has 0 amide bonds. The zero-order chi connectivity index (χ0) is 33.5. The van der Waals surface area contributed by atoms with Gasteiger partial charge in [-0.25, -0.2) is 0 Å². The number of aromatic nitrogens is 5. The minimum atomic E-state index is -1.19. The zero-order valence-electron chi connectivity index (χ0n) is 23.3. The normalized spacial score (nSPS) is 8.70. The van der Waals surface area contributed by atoms with Crippen molar-refractivity contribution in [2.45, 2.75) is 0 Å². The number of hydrogen-bond donors (Lipinski definition) is 0. The van der Waals surface area contributed by atoms with Crippen LogP contribution in [0.2, 0.25) is 0 Å². The van der Waals surface area contributed by atoms with Crippen LogP contribution >= 0.6 is 0 Å². The molecule has 0 unspecified atom stereocenters. The van der Waals surface area contributed by atoms with Crippen molar-refractivity contribution in [1.29, 1.82) is 0 Å². The van der Waals surface area contributed by atoms with Crippen LogP contribution in [-0.4, -0.2) is 54.8 Å². The second-order valence-corrected chi connectivity index (χ2v) is 7.65. The Bertz CT molecular complexity index is 1330. The van der Waals surface area contributed by atoms with Gasteiger partial charge >= 0.3 is 22.4 Å². The number of nitrogens with zero attached hydrogens (tertiary/aromatic N) is 5. The summed E-state index contributed by atoms with van der Waals surface area (Å²) in [5.74, 6) is -5.96. The fourth-order valence-electron chi connectivity index (χ4n) is 2.42. The monoisotopic (exact) mass is 703 g/mol. The van der Waals surface area contributed by atoms with Crippen LogP contribution < -0.4 is 25.5 Å². The van der Waals surface area contributed by atoms with Gasteiger partial charge in [-0.3, -0.25) is 24.9 Å². The van der Waals surface area contributed by atoms with Gasteiger partial charge in [-0.1, -0.05) is 30.3 Å². The molecule has 0 saturated heterocycles. The number of aromatic carboxylic acids is 5. The van der Waals surface area contributed by atoms with Crippen molar-refractivity contribution in [2.75, 3.05) is 0 Å². The molecule has 15 nitrogen and oxygen atoms in total. The van der Waals surface area contributed by atoms with E-state index >= 15 is 0 Å². The Kier molecular flexibility index (Phi) is 20.2. The fourth-order valence-corrected chi connectivity index (χ4v) is 2.42. The number of carboxylic acids is 5. The molecular formula is C30H20N5NbO10. The Balaban J connectivity index is 0.000000547. The summed E-state index contributed by atoms with van der Waals surface area (Å²) in [4.78, 5) is 68.2. The summed E-state index contributed by atoms with van der Waals surface area (Å²) < 4.78 is 0. The predicted octanol–water partition coefficient (Wildman–Crippen LogP) is -2.78. The van der Waals surface area contributed by atoms with Crippen molar-refractivity contribution in [1.82, 2.24) is 24.9 Å². The third-order valence-corrected chi connectivity index (χ3v) is 4.49. The first-order valence-corrected chi connectivity index (χ1v) is 12.1. The van der Waals surface area contributed by atoms with Gasteiger partial charge in [0.25, 0.3) is 0 Å². The van der Waals surface area contributed by atoms with Crippen molar-refractivity contribution < 1.29 is 71.9 Å². The molecule has 5 aromatic rings. The molecule has 0 N–H and O–H groups in total. The topological polar surface area (TPSA) is 265 Å². The van der Waals surface area contributed by atoms with Crippen molar-refractivity contribution in [3.8, 4) is 0 Å². The van der Waals surface area contributed by atoms with Gasteiger partial charge < -0.3 is 49.5 Å². The van der Waals surface area contributed by atoms with E-state index in [2.05, 4.69) is 24.9 Å². The molecule has 0 aliphatic heterocycles. The molecule has 0 bridgehead atoms. The Morgan fingerprint density at radius 2 is 0.500 bits per heavy atom. The summed E-state index contributed by atoms with van der Waals surface area (Å²) in [6.45, 7) is 0. The summed E-state index contributed by atoms with van der Waals surface area (Å²) in [5, 5.41) is 50.2. The second-order valence-electron chi connectivity index (χ2n) is 7.65. The molecule has 0 aliphatic rings. The zero-order valence-corrected chi connectivity index (χ0v) is 25.5. The second kappa shape index (κ2) is 23.3. The third kappa shape index (κ3) is 17.7. The van der Waals surface area contributed by atoms with Crippen LogP contribution in [0.25, 0.3) is 0 Å². The van der Waals surface area contributed by atoms with Crippen LogP contribution in [0.3, 0.4) is 0 Å². The predicted molar refractivity (Wildman–Crippen MR) is 143 cm³/mol. The Hall–Kier alpha value is -6.16.